The number of amides is 1. The van der Waals surface area contributed by atoms with Crippen LogP contribution in [0.5, 0.6) is 5.75 Å². The van der Waals surface area contributed by atoms with Gasteiger partial charge in [0.1, 0.15) is 11.8 Å². The van der Waals surface area contributed by atoms with Crippen LogP contribution in [0.3, 0.4) is 0 Å². The zero-order chi connectivity index (χ0) is 16.4. The van der Waals surface area contributed by atoms with Crippen LogP contribution in [0.25, 0.3) is 0 Å². The Morgan fingerprint density at radius 3 is 2.65 bits per heavy atom. The average Bonchev–Trinajstić information content (AvgIpc) is 2.96. The highest BCUT2D eigenvalue weighted by atomic mass is 79.9. The number of Topliss-reactive ketones (excluding diaryl/α,β-unsaturated/α-hetero) is 1. The molecular weight excluding hydrogens is 362 g/mol. The van der Waals surface area contributed by atoms with E-state index in [2.05, 4.69) is 21.2 Å². The Hall–Kier alpha value is -2.34. The summed E-state index contributed by atoms with van der Waals surface area (Å²) in [6.07, 6.45) is -1.56. The fourth-order valence-electron chi connectivity index (χ4n) is 2.58. The van der Waals surface area contributed by atoms with Crippen molar-refractivity contribution < 1.29 is 19.1 Å². The third kappa shape index (κ3) is 3.07. The van der Waals surface area contributed by atoms with Gasteiger partial charge in [-0.25, -0.2) is 4.79 Å². The summed E-state index contributed by atoms with van der Waals surface area (Å²) in [5.74, 6) is 0.325. The van der Waals surface area contributed by atoms with Gasteiger partial charge in [-0.1, -0.05) is 46.3 Å². The first-order valence-electron chi connectivity index (χ1n) is 7.00. The minimum absolute atomic E-state index is 0.254. The summed E-state index contributed by atoms with van der Waals surface area (Å²) >= 11 is 3.40. The van der Waals surface area contributed by atoms with E-state index in [1.807, 2.05) is 18.2 Å². The summed E-state index contributed by atoms with van der Waals surface area (Å²) in [6, 6.07) is 13.6. The smallest absolute Gasteiger partial charge is 0.408 e. The molecule has 0 aromatic heterocycles. The van der Waals surface area contributed by atoms with Crippen LogP contribution in [-0.4, -0.2) is 25.1 Å². The Labute approximate surface area is 141 Å². The zero-order valence-corrected chi connectivity index (χ0v) is 13.9. The van der Waals surface area contributed by atoms with E-state index in [4.69, 9.17) is 9.47 Å². The van der Waals surface area contributed by atoms with Crippen LogP contribution in [0.2, 0.25) is 0 Å². The molecule has 2 aromatic rings. The monoisotopic (exact) mass is 375 g/mol. The van der Waals surface area contributed by atoms with Gasteiger partial charge in [0.15, 0.2) is 6.10 Å². The lowest BCUT2D eigenvalue weighted by Crippen LogP contribution is -2.29. The van der Waals surface area contributed by atoms with Crippen LogP contribution in [0.4, 0.5) is 4.79 Å². The topological polar surface area (TPSA) is 64.6 Å². The van der Waals surface area contributed by atoms with Gasteiger partial charge < -0.3 is 14.8 Å². The van der Waals surface area contributed by atoms with Gasteiger partial charge in [0.05, 0.1) is 7.11 Å². The first-order valence-corrected chi connectivity index (χ1v) is 7.79. The van der Waals surface area contributed by atoms with E-state index in [-0.39, 0.29) is 5.78 Å². The number of carbonyl (C=O) groups excluding carboxylic acids is 2. The minimum Gasteiger partial charge on any atom is -0.496 e. The lowest BCUT2D eigenvalue weighted by Gasteiger charge is -2.19. The highest BCUT2D eigenvalue weighted by molar-refractivity contribution is 9.10. The van der Waals surface area contributed by atoms with Crippen LogP contribution >= 0.6 is 15.9 Å². The second kappa shape index (κ2) is 6.42. The summed E-state index contributed by atoms with van der Waals surface area (Å²) in [5.41, 5.74) is 1.18. The van der Waals surface area contributed by atoms with Crippen molar-refractivity contribution >= 4 is 27.8 Å². The lowest BCUT2D eigenvalue weighted by molar-refractivity contribution is 0.0720. The normalized spacial score (nSPS) is 19.8. The molecule has 1 N–H and O–H groups in total. The number of nitrogens with one attached hydrogen (secondary N) is 1. The number of methoxy groups -OCH3 is 1. The number of hydrogen-bond acceptors (Lipinski definition) is 4. The molecule has 3 rings (SSSR count). The summed E-state index contributed by atoms with van der Waals surface area (Å²) in [4.78, 5) is 24.4. The maximum absolute atomic E-state index is 12.7. The lowest BCUT2D eigenvalue weighted by atomic mass is 9.95. The number of ether oxygens (including phenoxy) is 2. The molecule has 0 bridgehead atoms. The van der Waals surface area contributed by atoms with Crippen LogP contribution in [0, 0.1) is 0 Å². The molecule has 2 atom stereocenters. The number of hydrogen-bond donors (Lipinski definition) is 1. The Bertz CT molecular complexity index is 748. The van der Waals surface area contributed by atoms with Gasteiger partial charge >= 0.3 is 6.09 Å². The van der Waals surface area contributed by atoms with Gasteiger partial charge in [-0.3, -0.25) is 4.79 Å². The predicted molar refractivity (Wildman–Crippen MR) is 87.6 cm³/mol. The Kier molecular flexibility index (Phi) is 4.34. The van der Waals surface area contributed by atoms with E-state index in [9.17, 15) is 9.59 Å². The number of carbonyl (C=O) groups is 2. The molecule has 0 aliphatic carbocycles. The van der Waals surface area contributed by atoms with Crippen molar-refractivity contribution in [2.24, 2.45) is 0 Å². The SMILES string of the molecule is COc1ccc(Br)cc1[C@H]1NC(=O)O[C@@H]1C(=O)c1ccccc1. The van der Waals surface area contributed by atoms with Gasteiger partial charge in [0.25, 0.3) is 0 Å². The van der Waals surface area contributed by atoms with E-state index in [0.717, 1.165) is 4.47 Å². The van der Waals surface area contributed by atoms with E-state index in [1.165, 1.54) is 0 Å². The number of alkyl carbamates (subject to hydrolysis) is 1. The van der Waals surface area contributed by atoms with Crippen molar-refractivity contribution in [2.75, 3.05) is 7.11 Å². The third-order valence-electron chi connectivity index (χ3n) is 3.65. The molecule has 0 spiro atoms. The van der Waals surface area contributed by atoms with Crippen molar-refractivity contribution in [3.05, 3.63) is 64.1 Å². The van der Waals surface area contributed by atoms with Crippen molar-refractivity contribution in [3.63, 3.8) is 0 Å². The minimum atomic E-state index is -0.937. The van der Waals surface area contributed by atoms with E-state index in [1.54, 1.807) is 37.4 Å². The summed E-state index contributed by atoms with van der Waals surface area (Å²) < 4.78 is 11.4. The zero-order valence-electron chi connectivity index (χ0n) is 12.3. The van der Waals surface area contributed by atoms with E-state index < -0.39 is 18.2 Å². The number of benzene rings is 2. The molecule has 1 aliphatic rings. The van der Waals surface area contributed by atoms with Gasteiger partial charge in [-0.15, -0.1) is 0 Å². The average molecular weight is 376 g/mol. The molecule has 2 aromatic carbocycles. The highest BCUT2D eigenvalue weighted by Crippen LogP contribution is 2.35. The van der Waals surface area contributed by atoms with Crippen LogP contribution in [0.15, 0.2) is 53.0 Å². The van der Waals surface area contributed by atoms with Crippen molar-refractivity contribution in [3.8, 4) is 5.75 Å². The van der Waals surface area contributed by atoms with Crippen LogP contribution in [0.1, 0.15) is 22.0 Å². The standard InChI is InChI=1S/C17H14BrNO4/c1-22-13-8-7-11(18)9-12(13)14-16(23-17(21)19-14)15(20)10-5-3-2-4-6-10/h2-9,14,16H,1H3,(H,19,21)/t14-,16+/m1/s1. The molecule has 0 radical (unpaired) electrons. The summed E-state index contributed by atoms with van der Waals surface area (Å²) in [7, 11) is 1.54. The molecular formula is C17H14BrNO4. The Balaban J connectivity index is 1.99. The first-order chi connectivity index (χ1) is 11.1. The van der Waals surface area contributed by atoms with Crippen LogP contribution < -0.4 is 10.1 Å². The van der Waals surface area contributed by atoms with E-state index in [0.29, 0.717) is 16.9 Å². The number of rotatable bonds is 4. The molecule has 1 amide bonds. The molecule has 1 fully saturated rings. The molecule has 1 heterocycles. The van der Waals surface area contributed by atoms with Crippen LogP contribution in [-0.2, 0) is 4.74 Å². The fourth-order valence-corrected chi connectivity index (χ4v) is 2.96. The molecule has 0 unspecified atom stereocenters. The second-order valence-electron chi connectivity index (χ2n) is 5.06. The fraction of sp³-hybridized carbons (Fsp3) is 0.176. The molecule has 1 aliphatic heterocycles. The second-order valence-corrected chi connectivity index (χ2v) is 5.98. The molecule has 1 saturated heterocycles. The Morgan fingerprint density at radius 2 is 1.96 bits per heavy atom. The van der Waals surface area contributed by atoms with Gasteiger partial charge in [0.2, 0.25) is 5.78 Å². The van der Waals surface area contributed by atoms with Crippen molar-refractivity contribution in [2.45, 2.75) is 12.1 Å². The number of ketones is 1. The van der Waals surface area contributed by atoms with Crippen molar-refractivity contribution in [1.82, 2.24) is 5.32 Å². The van der Waals surface area contributed by atoms with E-state index >= 15 is 0 Å². The molecule has 5 nitrogen and oxygen atoms in total. The van der Waals surface area contributed by atoms with Gasteiger partial charge in [0, 0.05) is 15.6 Å². The maximum atomic E-state index is 12.7. The number of halogens is 1. The number of cyclic esters (lactones) is 1. The Morgan fingerprint density at radius 1 is 1.22 bits per heavy atom. The molecule has 6 heteroatoms. The van der Waals surface area contributed by atoms with Gasteiger partial charge in [-0.05, 0) is 18.2 Å². The maximum Gasteiger partial charge on any atom is 0.408 e. The highest BCUT2D eigenvalue weighted by Gasteiger charge is 2.42. The van der Waals surface area contributed by atoms with Crippen molar-refractivity contribution in [1.29, 1.82) is 0 Å². The summed E-state index contributed by atoms with van der Waals surface area (Å²) in [5, 5.41) is 2.69. The quantitative estimate of drug-likeness (QED) is 0.830. The third-order valence-corrected chi connectivity index (χ3v) is 4.15. The summed E-state index contributed by atoms with van der Waals surface area (Å²) in [6.45, 7) is 0. The molecule has 23 heavy (non-hydrogen) atoms. The first kappa shape index (κ1) is 15.6. The van der Waals surface area contributed by atoms with Gasteiger partial charge in [-0.2, -0.15) is 0 Å². The molecule has 0 saturated carbocycles. The molecule has 118 valence electrons. The predicted octanol–water partition coefficient (Wildman–Crippen LogP) is 3.49. The largest absolute Gasteiger partial charge is 0.496 e.